The van der Waals surface area contributed by atoms with E-state index in [0.29, 0.717) is 12.8 Å². The fraction of sp³-hybridized carbons (Fsp3) is 0.902. The van der Waals surface area contributed by atoms with Gasteiger partial charge < -0.3 is 53.7 Å². The summed E-state index contributed by atoms with van der Waals surface area (Å²) >= 11 is 0. The highest BCUT2D eigenvalue weighted by Crippen LogP contribution is 2.41. The molecule has 3 saturated heterocycles. The van der Waals surface area contributed by atoms with Gasteiger partial charge in [0, 0.05) is 49.7 Å². The first-order valence-corrected chi connectivity index (χ1v) is 20.1. The molecule has 0 unspecified atom stereocenters. The number of cyclic esters (lactones) is 1. The number of hydrogen-bond acceptors (Lipinski definition) is 13. The number of aliphatic hydroxyl groups excluding tert-OH is 3. The van der Waals surface area contributed by atoms with Gasteiger partial charge >= 0.3 is 5.97 Å². The second-order valence-electron chi connectivity index (χ2n) is 17.8. The lowest BCUT2D eigenvalue weighted by Crippen LogP contribution is -2.60. The molecular formula is C41H71NO12. The summed E-state index contributed by atoms with van der Waals surface area (Å²) in [5.74, 6) is -4.63. The summed E-state index contributed by atoms with van der Waals surface area (Å²) in [6.07, 6.45) is -3.01. The van der Waals surface area contributed by atoms with Crippen LogP contribution in [0.5, 0.6) is 0 Å². The molecule has 13 nitrogen and oxygen atoms in total. The Balaban J connectivity index is 1.82. The fourth-order valence-corrected chi connectivity index (χ4v) is 9.31. The molecule has 0 bridgehead atoms. The molecule has 4 aliphatic rings. The summed E-state index contributed by atoms with van der Waals surface area (Å²) in [6, 6.07) is -0.300. The maximum Gasteiger partial charge on any atom is 0.311 e. The predicted octanol–water partition coefficient (Wildman–Crippen LogP) is 3.76. The molecule has 0 radical (unpaired) electrons. The number of likely N-dealkylation sites (N-methyl/N-ethyl adjacent to an activating group) is 1. The first-order valence-electron chi connectivity index (χ1n) is 20.1. The number of rotatable bonds is 8. The summed E-state index contributed by atoms with van der Waals surface area (Å²) in [5, 5.41) is 46.6. The summed E-state index contributed by atoms with van der Waals surface area (Å²) in [4.78, 5) is 30.4. The van der Waals surface area contributed by atoms with Crippen LogP contribution in [0.15, 0.2) is 11.6 Å². The number of hydrogen-bond donors (Lipinski definition) is 4. The van der Waals surface area contributed by atoms with Crippen LogP contribution in [0.25, 0.3) is 0 Å². The number of Topliss-reactive ketones (excluding diaryl/α,β-unsaturated/α-hetero) is 1. The number of ketones is 1. The number of esters is 1. The van der Waals surface area contributed by atoms with E-state index in [9.17, 15) is 30.0 Å². The topological polar surface area (TPSA) is 174 Å². The lowest BCUT2D eigenvalue weighted by Gasteiger charge is -2.49. The van der Waals surface area contributed by atoms with E-state index in [1.807, 2.05) is 32.8 Å². The van der Waals surface area contributed by atoms with Crippen molar-refractivity contribution in [2.45, 2.75) is 186 Å². The molecule has 18 atom stereocenters. The zero-order chi connectivity index (χ0) is 40.4. The smallest absolute Gasteiger partial charge is 0.311 e. The Kier molecular flexibility index (Phi) is 15.4. The maximum atomic E-state index is 14.4. The van der Waals surface area contributed by atoms with Crippen molar-refractivity contribution in [2.75, 3.05) is 21.2 Å². The third-order valence-corrected chi connectivity index (χ3v) is 13.0. The monoisotopic (exact) mass is 769 g/mol. The van der Waals surface area contributed by atoms with Crippen LogP contribution in [0.4, 0.5) is 0 Å². The molecule has 0 aromatic carbocycles. The average molecular weight is 770 g/mol. The standard InChI is InChI=1S/C41H71NO12/c1-21-19-40(8,48)37(54-39-34(45)29(42(10)11)17-22(2)50-39)25(5)35(53-31-20-41(9,49-12)36(46)27(7)51-31)26(6)38(47)52-30(18-28-15-13-14-16-28)23(3)33(44)24(4)32(21)43/h15,21-27,29-31,33-37,39,44-46,48H,13-14,16-20H2,1-12H3/t21-,22-,23+,24+,25+,26-,27+,29+,30-,31-,33+,34-,35+,36-,37-,39+,40-,41+/m1/s1. The minimum atomic E-state index is -1.73. The van der Waals surface area contributed by atoms with E-state index < -0.39 is 102 Å². The third kappa shape index (κ3) is 10.1. The Morgan fingerprint density at radius 3 is 2.17 bits per heavy atom. The zero-order valence-electron chi connectivity index (χ0n) is 34.8. The summed E-state index contributed by atoms with van der Waals surface area (Å²) in [5.41, 5.74) is -1.60. The van der Waals surface area contributed by atoms with Gasteiger partial charge in [-0.05, 0) is 80.8 Å². The maximum absolute atomic E-state index is 14.4. The van der Waals surface area contributed by atoms with Gasteiger partial charge in [0.2, 0.25) is 0 Å². The zero-order valence-corrected chi connectivity index (χ0v) is 34.8. The van der Waals surface area contributed by atoms with E-state index in [1.165, 1.54) is 7.11 Å². The van der Waals surface area contributed by atoms with Gasteiger partial charge in [-0.3, -0.25) is 9.59 Å². The fourth-order valence-electron chi connectivity index (χ4n) is 9.31. The number of carbonyl (C=O) groups excluding carboxylic acids is 2. The lowest BCUT2D eigenvalue weighted by atomic mass is 9.74. The molecule has 4 rings (SSSR count). The Hall–Kier alpha value is -1.52. The van der Waals surface area contributed by atoms with Crippen LogP contribution in [-0.2, 0) is 38.0 Å². The van der Waals surface area contributed by atoms with Gasteiger partial charge in [0.25, 0.3) is 0 Å². The highest BCUT2D eigenvalue weighted by molar-refractivity contribution is 5.83. The van der Waals surface area contributed by atoms with Crippen LogP contribution in [0.1, 0.15) is 107 Å². The van der Waals surface area contributed by atoms with Crippen molar-refractivity contribution in [3.05, 3.63) is 11.6 Å². The molecule has 13 heteroatoms. The predicted molar refractivity (Wildman–Crippen MR) is 201 cm³/mol. The van der Waals surface area contributed by atoms with Crippen LogP contribution < -0.4 is 0 Å². The number of nitrogens with zero attached hydrogens (tertiary/aromatic N) is 1. The molecular weight excluding hydrogens is 698 g/mol. The van der Waals surface area contributed by atoms with Gasteiger partial charge in [0.1, 0.15) is 24.1 Å². The molecule has 3 fully saturated rings. The molecule has 1 aliphatic carbocycles. The van der Waals surface area contributed by atoms with Gasteiger partial charge in [0.15, 0.2) is 12.6 Å². The van der Waals surface area contributed by atoms with Gasteiger partial charge in [0.05, 0.1) is 47.6 Å². The van der Waals surface area contributed by atoms with Crippen molar-refractivity contribution in [2.24, 2.45) is 29.6 Å². The normalized spacial score (nSPS) is 47.6. The molecule has 0 amide bonds. The van der Waals surface area contributed by atoms with Crippen LogP contribution in [0.2, 0.25) is 0 Å². The van der Waals surface area contributed by atoms with Crippen LogP contribution in [-0.4, -0.2) is 137 Å². The van der Waals surface area contributed by atoms with Crippen molar-refractivity contribution in [3.63, 3.8) is 0 Å². The Morgan fingerprint density at radius 1 is 0.907 bits per heavy atom. The van der Waals surface area contributed by atoms with Crippen molar-refractivity contribution in [3.8, 4) is 0 Å². The Morgan fingerprint density at radius 2 is 1.57 bits per heavy atom. The van der Waals surface area contributed by atoms with Gasteiger partial charge in [-0.15, -0.1) is 0 Å². The quantitative estimate of drug-likeness (QED) is 0.208. The molecule has 54 heavy (non-hydrogen) atoms. The molecule has 3 heterocycles. The van der Waals surface area contributed by atoms with E-state index in [-0.39, 0.29) is 30.8 Å². The molecule has 0 saturated carbocycles. The molecule has 3 aliphatic heterocycles. The number of carbonyl (C=O) groups is 2. The van der Waals surface area contributed by atoms with E-state index in [1.54, 1.807) is 48.5 Å². The van der Waals surface area contributed by atoms with Crippen LogP contribution >= 0.6 is 0 Å². The van der Waals surface area contributed by atoms with Crippen molar-refractivity contribution in [1.82, 2.24) is 4.90 Å². The summed E-state index contributed by atoms with van der Waals surface area (Å²) in [6.45, 7) is 15.7. The highest BCUT2D eigenvalue weighted by atomic mass is 16.7. The Bertz CT molecular complexity index is 1290. The molecule has 4 N–H and O–H groups in total. The van der Waals surface area contributed by atoms with E-state index in [4.69, 9.17) is 28.4 Å². The minimum Gasteiger partial charge on any atom is -0.461 e. The van der Waals surface area contributed by atoms with Gasteiger partial charge in [-0.1, -0.05) is 39.3 Å². The van der Waals surface area contributed by atoms with Gasteiger partial charge in [-0.25, -0.2) is 0 Å². The number of ether oxygens (including phenoxy) is 6. The minimum absolute atomic E-state index is 0.0471. The second kappa shape index (κ2) is 18.4. The highest BCUT2D eigenvalue weighted by Gasteiger charge is 2.52. The van der Waals surface area contributed by atoms with Crippen LogP contribution in [0.3, 0.4) is 0 Å². The first kappa shape index (κ1) is 45.2. The lowest BCUT2D eigenvalue weighted by molar-refractivity contribution is -0.317. The number of methoxy groups -OCH3 is 1. The SMILES string of the molecule is CO[C@@]1(C)C[C@@H](O[C@H]2[C@H](C)[C@@H](O[C@@H]3O[C@H](C)C[C@H](N(C)C)[C@H]3O)[C@](C)(O)C[C@@H](C)C(=O)[C@H](C)[C@@H](O)[C@@H](C)[C@@H](CC3=CCCC3)OC(=O)[C@@H]2C)O[C@@H](C)[C@H]1O. The Labute approximate surface area is 323 Å². The molecule has 312 valence electrons. The molecule has 0 aromatic heterocycles. The van der Waals surface area contributed by atoms with Crippen molar-refractivity contribution < 1.29 is 58.4 Å². The molecule has 0 spiro atoms. The number of aliphatic hydroxyl groups is 4. The van der Waals surface area contributed by atoms with E-state index >= 15 is 0 Å². The second-order valence-corrected chi connectivity index (χ2v) is 17.8. The van der Waals surface area contributed by atoms with Crippen LogP contribution in [0, 0.1) is 29.6 Å². The summed E-state index contributed by atoms with van der Waals surface area (Å²) < 4.78 is 37.9. The van der Waals surface area contributed by atoms with Crippen molar-refractivity contribution >= 4 is 11.8 Å². The first-order chi connectivity index (χ1) is 25.1. The number of allylic oxidation sites excluding steroid dienone is 1. The average Bonchev–Trinajstić information content (AvgIpc) is 3.63. The third-order valence-electron chi connectivity index (χ3n) is 13.0. The molecule has 0 aromatic rings. The van der Waals surface area contributed by atoms with Crippen molar-refractivity contribution in [1.29, 1.82) is 0 Å². The largest absolute Gasteiger partial charge is 0.461 e. The summed E-state index contributed by atoms with van der Waals surface area (Å²) in [7, 11) is 5.26. The van der Waals surface area contributed by atoms with E-state index in [2.05, 4.69) is 6.08 Å². The van der Waals surface area contributed by atoms with Gasteiger partial charge in [-0.2, -0.15) is 0 Å². The van der Waals surface area contributed by atoms with E-state index in [0.717, 1.165) is 24.8 Å².